The smallest absolute Gasteiger partial charge is 0.237 e. The summed E-state index contributed by atoms with van der Waals surface area (Å²) in [5, 5.41) is 4.40. The summed E-state index contributed by atoms with van der Waals surface area (Å²) < 4.78 is 7.78. The van der Waals surface area contributed by atoms with Gasteiger partial charge in [0.1, 0.15) is 5.75 Å². The summed E-state index contributed by atoms with van der Waals surface area (Å²) in [5.41, 5.74) is 1.28. The van der Waals surface area contributed by atoms with Crippen LogP contribution in [-0.2, 0) is 6.54 Å². The number of aromatic nitrogens is 4. The lowest BCUT2D eigenvalue weighted by atomic mass is 10.0. The van der Waals surface area contributed by atoms with Crippen LogP contribution in [0.25, 0.3) is 0 Å². The Morgan fingerprint density at radius 3 is 2.80 bits per heavy atom. The largest absolute Gasteiger partial charge is 0.438 e. The number of hydrogen-bond acceptors (Lipinski definition) is 5. The van der Waals surface area contributed by atoms with Gasteiger partial charge >= 0.3 is 0 Å². The van der Waals surface area contributed by atoms with E-state index in [-0.39, 0.29) is 0 Å². The van der Waals surface area contributed by atoms with Crippen LogP contribution in [0.4, 0.5) is 0 Å². The molecule has 4 rings (SSSR count). The Bertz CT molecular complexity index is 773. The van der Waals surface area contributed by atoms with Crippen molar-refractivity contribution in [2.45, 2.75) is 25.4 Å². The summed E-state index contributed by atoms with van der Waals surface area (Å²) in [5.74, 6) is 1.28. The second kappa shape index (κ2) is 7.44. The zero-order valence-corrected chi connectivity index (χ0v) is 14.0. The molecule has 0 radical (unpaired) electrons. The molecule has 25 heavy (non-hydrogen) atoms. The van der Waals surface area contributed by atoms with Gasteiger partial charge in [0.15, 0.2) is 0 Å². The Balaban J connectivity index is 1.36. The van der Waals surface area contributed by atoms with Gasteiger partial charge in [0.2, 0.25) is 5.88 Å². The van der Waals surface area contributed by atoms with E-state index < -0.39 is 0 Å². The van der Waals surface area contributed by atoms with Crippen LogP contribution in [0.5, 0.6) is 11.6 Å². The van der Waals surface area contributed by atoms with Gasteiger partial charge in [-0.2, -0.15) is 5.10 Å². The molecule has 6 nitrogen and oxygen atoms in total. The van der Waals surface area contributed by atoms with Gasteiger partial charge in [-0.1, -0.05) is 12.1 Å². The second-order valence-electron chi connectivity index (χ2n) is 6.31. The predicted molar refractivity (Wildman–Crippen MR) is 94.3 cm³/mol. The zero-order chi connectivity index (χ0) is 16.9. The van der Waals surface area contributed by atoms with Crippen molar-refractivity contribution in [3.05, 3.63) is 66.9 Å². The maximum Gasteiger partial charge on any atom is 0.237 e. The molecule has 0 N–H and O–H groups in total. The number of hydrogen-bond donors (Lipinski definition) is 0. The number of likely N-dealkylation sites (tertiary alicyclic amines) is 1. The van der Waals surface area contributed by atoms with Crippen molar-refractivity contribution in [1.29, 1.82) is 0 Å². The summed E-state index contributed by atoms with van der Waals surface area (Å²) in [6.07, 6.45) is 11.2. The fourth-order valence-electron chi connectivity index (χ4n) is 3.27. The molecule has 6 heteroatoms. The van der Waals surface area contributed by atoms with E-state index in [1.165, 1.54) is 18.4 Å². The molecule has 0 bridgehead atoms. The highest BCUT2D eigenvalue weighted by Crippen LogP contribution is 2.23. The molecular formula is C19H21N5O. The van der Waals surface area contributed by atoms with Crippen LogP contribution in [0, 0.1) is 0 Å². The minimum Gasteiger partial charge on any atom is -0.438 e. The molecule has 1 fully saturated rings. The van der Waals surface area contributed by atoms with Crippen molar-refractivity contribution in [3.63, 3.8) is 0 Å². The van der Waals surface area contributed by atoms with Crippen LogP contribution in [0.15, 0.2) is 61.3 Å². The summed E-state index contributed by atoms with van der Waals surface area (Å²) in [6.45, 7) is 3.12. The standard InChI is InChI=1S/C19H21N5O/c1-3-17(24-12-2-8-22-24)15-23(11-1)14-16-4-6-18(7-5-16)25-19-13-20-9-10-21-19/h2,4-10,12-13,17H,1,3,11,14-15H2/t17-/m1/s1. The highest BCUT2D eigenvalue weighted by atomic mass is 16.5. The van der Waals surface area contributed by atoms with Gasteiger partial charge in [0.05, 0.1) is 12.2 Å². The number of benzene rings is 1. The molecule has 1 aromatic carbocycles. The Morgan fingerprint density at radius 1 is 1.12 bits per heavy atom. The summed E-state index contributed by atoms with van der Waals surface area (Å²) in [4.78, 5) is 10.6. The van der Waals surface area contributed by atoms with E-state index in [1.807, 2.05) is 24.4 Å². The van der Waals surface area contributed by atoms with E-state index in [1.54, 1.807) is 18.6 Å². The minimum atomic E-state index is 0.475. The summed E-state index contributed by atoms with van der Waals surface area (Å²) in [7, 11) is 0. The van der Waals surface area contributed by atoms with E-state index in [0.717, 1.165) is 25.4 Å². The first-order valence-corrected chi connectivity index (χ1v) is 8.61. The molecule has 3 heterocycles. The van der Waals surface area contributed by atoms with Crippen LogP contribution in [-0.4, -0.2) is 37.7 Å². The fraction of sp³-hybridized carbons (Fsp3) is 0.316. The van der Waals surface area contributed by atoms with Crippen molar-refractivity contribution in [1.82, 2.24) is 24.6 Å². The van der Waals surface area contributed by atoms with Gasteiger partial charge in [-0.15, -0.1) is 0 Å². The van der Waals surface area contributed by atoms with Gasteiger partial charge in [-0.25, -0.2) is 4.98 Å². The molecule has 1 aliphatic rings. The first-order valence-electron chi connectivity index (χ1n) is 8.61. The van der Waals surface area contributed by atoms with Crippen molar-refractivity contribution in [2.24, 2.45) is 0 Å². The first kappa shape index (κ1) is 15.8. The molecule has 0 amide bonds. The Kier molecular flexibility index (Phi) is 4.70. The van der Waals surface area contributed by atoms with Crippen LogP contribution in [0.3, 0.4) is 0 Å². The highest BCUT2D eigenvalue weighted by molar-refractivity contribution is 5.29. The highest BCUT2D eigenvalue weighted by Gasteiger charge is 2.21. The molecular weight excluding hydrogens is 314 g/mol. The fourth-order valence-corrected chi connectivity index (χ4v) is 3.27. The zero-order valence-electron chi connectivity index (χ0n) is 14.0. The van der Waals surface area contributed by atoms with Crippen molar-refractivity contribution in [2.75, 3.05) is 13.1 Å². The molecule has 0 saturated carbocycles. The summed E-state index contributed by atoms with van der Waals surface area (Å²) >= 11 is 0. The van der Waals surface area contributed by atoms with Gasteiger partial charge in [0.25, 0.3) is 0 Å². The van der Waals surface area contributed by atoms with Crippen LogP contribution >= 0.6 is 0 Å². The van der Waals surface area contributed by atoms with E-state index in [4.69, 9.17) is 4.74 Å². The predicted octanol–water partition coefficient (Wildman–Crippen LogP) is 3.30. The molecule has 0 aliphatic carbocycles. The number of ether oxygens (including phenoxy) is 1. The molecule has 1 aliphatic heterocycles. The molecule has 2 aromatic heterocycles. The minimum absolute atomic E-state index is 0.475. The monoisotopic (exact) mass is 335 g/mol. The number of nitrogens with zero attached hydrogens (tertiary/aromatic N) is 5. The maximum atomic E-state index is 5.69. The quantitative estimate of drug-likeness (QED) is 0.716. The first-order chi connectivity index (χ1) is 12.4. The third-order valence-corrected chi connectivity index (χ3v) is 4.47. The molecule has 0 spiro atoms. The molecule has 1 atom stereocenters. The van der Waals surface area contributed by atoms with E-state index in [0.29, 0.717) is 11.9 Å². The second-order valence-corrected chi connectivity index (χ2v) is 6.31. The number of piperidine rings is 1. The van der Waals surface area contributed by atoms with Crippen molar-refractivity contribution in [3.8, 4) is 11.6 Å². The topological polar surface area (TPSA) is 56.1 Å². The Morgan fingerprint density at radius 2 is 2.04 bits per heavy atom. The van der Waals surface area contributed by atoms with Gasteiger partial charge in [-0.05, 0) is 43.1 Å². The molecule has 128 valence electrons. The van der Waals surface area contributed by atoms with Gasteiger partial charge in [0, 0.05) is 37.9 Å². The normalized spacial score (nSPS) is 18.2. The lowest BCUT2D eigenvalue weighted by Crippen LogP contribution is -2.36. The SMILES string of the molecule is c1cnn([C@@H]2CCCN(Cc3ccc(Oc4cnccn4)cc3)C2)c1. The third kappa shape index (κ3) is 4.03. The average molecular weight is 335 g/mol. The lowest BCUT2D eigenvalue weighted by molar-refractivity contribution is 0.163. The van der Waals surface area contributed by atoms with E-state index in [2.05, 4.69) is 43.0 Å². The maximum absolute atomic E-state index is 5.69. The Hall–Kier alpha value is -2.73. The van der Waals surface area contributed by atoms with E-state index >= 15 is 0 Å². The molecule has 0 unspecified atom stereocenters. The van der Waals surface area contributed by atoms with Crippen molar-refractivity contribution < 1.29 is 4.74 Å². The summed E-state index contributed by atoms with van der Waals surface area (Å²) in [6, 6.07) is 10.7. The van der Waals surface area contributed by atoms with Gasteiger partial charge < -0.3 is 4.74 Å². The van der Waals surface area contributed by atoms with Crippen LogP contribution < -0.4 is 4.74 Å². The van der Waals surface area contributed by atoms with Crippen molar-refractivity contribution >= 4 is 0 Å². The van der Waals surface area contributed by atoms with E-state index in [9.17, 15) is 0 Å². The van der Waals surface area contributed by atoms with Gasteiger partial charge in [-0.3, -0.25) is 14.6 Å². The average Bonchev–Trinajstić information content (AvgIpc) is 3.19. The Labute approximate surface area is 147 Å². The molecule has 3 aromatic rings. The van der Waals surface area contributed by atoms with Crippen LogP contribution in [0.1, 0.15) is 24.4 Å². The molecule has 1 saturated heterocycles. The third-order valence-electron chi connectivity index (χ3n) is 4.47. The number of rotatable bonds is 5. The van der Waals surface area contributed by atoms with Crippen LogP contribution in [0.2, 0.25) is 0 Å². The lowest BCUT2D eigenvalue weighted by Gasteiger charge is -2.32.